The van der Waals surface area contributed by atoms with Crippen molar-refractivity contribution >= 4 is 37.4 Å². The quantitative estimate of drug-likeness (QED) is 0.225. The monoisotopic (exact) mass is 418 g/mol. The number of thiazole rings is 1. The number of amidine groups is 1. The zero-order valence-electron chi connectivity index (χ0n) is 15.4. The molecule has 9 heteroatoms. The summed E-state index contributed by atoms with van der Waals surface area (Å²) in [5, 5.41) is 12.6. The lowest BCUT2D eigenvalue weighted by atomic mass is 10.0. The first-order valence-corrected chi connectivity index (χ1v) is 11.3. The molecule has 1 atom stereocenters. The number of aromatic nitrogens is 1. The van der Waals surface area contributed by atoms with Crippen molar-refractivity contribution in [2.45, 2.75) is 25.8 Å². The van der Waals surface area contributed by atoms with Crippen LogP contribution in [-0.2, 0) is 16.4 Å². The van der Waals surface area contributed by atoms with Crippen LogP contribution >= 0.6 is 11.3 Å². The first kappa shape index (κ1) is 20.2. The van der Waals surface area contributed by atoms with Crippen LogP contribution in [0.2, 0.25) is 0 Å². The minimum absolute atomic E-state index is 0.00458. The maximum Gasteiger partial charge on any atom is 0.212 e. The fraction of sp³-hybridized carbons (Fsp3) is 0.263. The van der Waals surface area contributed by atoms with Crippen molar-refractivity contribution in [1.29, 1.82) is 0 Å². The van der Waals surface area contributed by atoms with Gasteiger partial charge in [-0.15, -0.1) is 11.3 Å². The third kappa shape index (κ3) is 4.86. The zero-order valence-corrected chi connectivity index (χ0v) is 17.0. The molecular formula is C19H22N4O3S2. The molecule has 3 aromatic rings. The molecule has 0 radical (unpaired) electrons. The summed E-state index contributed by atoms with van der Waals surface area (Å²) in [6.07, 6.45) is 0.927. The standard InChI is InChI=1S/C19H22N4O3S2/c1-2-10-28(25,26)23-16(19-21-15-8-3-4-9-17(15)27-19)12-13-6-5-7-14(11-13)18(20)22-24/h3-9,11,16,23-24H,2,10,12H2,1H3,(H2,20,22). The highest BCUT2D eigenvalue weighted by molar-refractivity contribution is 7.89. The van der Waals surface area contributed by atoms with E-state index < -0.39 is 16.1 Å². The van der Waals surface area contributed by atoms with Crippen LogP contribution in [0.5, 0.6) is 0 Å². The van der Waals surface area contributed by atoms with Gasteiger partial charge < -0.3 is 10.9 Å². The number of para-hydroxylation sites is 1. The number of rotatable bonds is 8. The van der Waals surface area contributed by atoms with Crippen LogP contribution < -0.4 is 10.5 Å². The first-order chi connectivity index (χ1) is 13.4. The highest BCUT2D eigenvalue weighted by Crippen LogP contribution is 2.29. The maximum absolute atomic E-state index is 12.4. The summed E-state index contributed by atoms with van der Waals surface area (Å²) in [6.45, 7) is 1.83. The molecule has 0 saturated heterocycles. The molecule has 0 saturated carbocycles. The topological polar surface area (TPSA) is 118 Å². The second-order valence-electron chi connectivity index (χ2n) is 6.40. The Labute approximate surface area is 168 Å². The Balaban J connectivity index is 1.96. The van der Waals surface area contributed by atoms with Gasteiger partial charge in [0.25, 0.3) is 0 Å². The van der Waals surface area contributed by atoms with Crippen LogP contribution in [0.4, 0.5) is 0 Å². The molecule has 4 N–H and O–H groups in total. The third-order valence-corrected chi connectivity index (χ3v) is 6.91. The van der Waals surface area contributed by atoms with E-state index in [1.807, 2.05) is 37.3 Å². The number of nitrogens with one attached hydrogen (secondary N) is 1. The summed E-state index contributed by atoms with van der Waals surface area (Å²) in [5.41, 5.74) is 7.94. The summed E-state index contributed by atoms with van der Waals surface area (Å²) in [6, 6.07) is 14.4. The Kier molecular flexibility index (Phi) is 6.28. The number of hydrogen-bond donors (Lipinski definition) is 3. The van der Waals surface area contributed by atoms with Gasteiger partial charge in [0.1, 0.15) is 5.01 Å². The number of nitrogens with two attached hydrogens (primary N) is 1. The molecule has 3 rings (SSSR count). The second kappa shape index (κ2) is 8.68. The Bertz CT molecular complexity index is 1060. The van der Waals surface area contributed by atoms with Crippen molar-refractivity contribution in [3.8, 4) is 0 Å². The van der Waals surface area contributed by atoms with E-state index in [2.05, 4.69) is 14.9 Å². The van der Waals surface area contributed by atoms with Crippen molar-refractivity contribution in [1.82, 2.24) is 9.71 Å². The van der Waals surface area contributed by atoms with Crippen LogP contribution in [-0.4, -0.2) is 30.2 Å². The average Bonchev–Trinajstić information content (AvgIpc) is 3.11. The van der Waals surface area contributed by atoms with E-state index in [9.17, 15) is 8.42 Å². The Morgan fingerprint density at radius 1 is 1.29 bits per heavy atom. The summed E-state index contributed by atoms with van der Waals surface area (Å²) < 4.78 is 28.7. The lowest BCUT2D eigenvalue weighted by Crippen LogP contribution is -2.31. The van der Waals surface area contributed by atoms with E-state index in [0.29, 0.717) is 23.4 Å². The highest BCUT2D eigenvalue weighted by Gasteiger charge is 2.23. The average molecular weight is 419 g/mol. The largest absolute Gasteiger partial charge is 0.409 e. The van der Waals surface area contributed by atoms with Gasteiger partial charge in [-0.1, -0.05) is 42.4 Å². The molecule has 0 spiro atoms. The number of hydrogen-bond acceptors (Lipinski definition) is 6. The lowest BCUT2D eigenvalue weighted by Gasteiger charge is -2.17. The molecule has 0 aliphatic heterocycles. The van der Waals surface area contributed by atoms with Gasteiger partial charge in [0.2, 0.25) is 10.0 Å². The fourth-order valence-electron chi connectivity index (χ4n) is 2.91. The van der Waals surface area contributed by atoms with Crippen molar-refractivity contribution in [2.75, 3.05) is 5.75 Å². The first-order valence-electron chi connectivity index (χ1n) is 8.84. The summed E-state index contributed by atoms with van der Waals surface area (Å²) in [7, 11) is -3.44. The molecule has 0 amide bonds. The zero-order chi connectivity index (χ0) is 20.1. The van der Waals surface area contributed by atoms with E-state index in [1.165, 1.54) is 11.3 Å². The lowest BCUT2D eigenvalue weighted by molar-refractivity contribution is 0.318. The van der Waals surface area contributed by atoms with Crippen LogP contribution in [0.25, 0.3) is 10.2 Å². The Morgan fingerprint density at radius 2 is 2.07 bits per heavy atom. The normalized spacial score (nSPS) is 13.7. The van der Waals surface area contributed by atoms with Crippen molar-refractivity contribution in [3.63, 3.8) is 0 Å². The van der Waals surface area contributed by atoms with E-state index in [4.69, 9.17) is 10.9 Å². The second-order valence-corrected chi connectivity index (χ2v) is 9.33. The van der Waals surface area contributed by atoms with Crippen molar-refractivity contribution < 1.29 is 13.6 Å². The van der Waals surface area contributed by atoms with Gasteiger partial charge in [-0.25, -0.2) is 18.1 Å². The van der Waals surface area contributed by atoms with Crippen LogP contribution in [0.15, 0.2) is 53.7 Å². The molecular weight excluding hydrogens is 396 g/mol. The Morgan fingerprint density at radius 3 is 2.79 bits per heavy atom. The van der Waals surface area contributed by atoms with Crippen molar-refractivity contribution in [2.24, 2.45) is 10.9 Å². The predicted octanol–water partition coefficient (Wildman–Crippen LogP) is 3.00. The smallest absolute Gasteiger partial charge is 0.212 e. The van der Waals surface area contributed by atoms with E-state index in [0.717, 1.165) is 15.8 Å². The molecule has 28 heavy (non-hydrogen) atoms. The van der Waals surface area contributed by atoms with Crippen LogP contribution in [0.3, 0.4) is 0 Å². The van der Waals surface area contributed by atoms with Gasteiger partial charge in [-0.05, 0) is 36.6 Å². The molecule has 2 aromatic carbocycles. The number of fused-ring (bicyclic) bond motifs is 1. The molecule has 1 aromatic heterocycles. The minimum atomic E-state index is -3.44. The van der Waals surface area contributed by atoms with E-state index in [1.54, 1.807) is 18.2 Å². The molecule has 148 valence electrons. The third-order valence-electron chi connectivity index (χ3n) is 4.17. The molecule has 7 nitrogen and oxygen atoms in total. The summed E-state index contributed by atoms with van der Waals surface area (Å²) in [4.78, 5) is 4.63. The number of oxime groups is 1. The van der Waals surface area contributed by atoms with Gasteiger partial charge in [0, 0.05) is 5.56 Å². The van der Waals surface area contributed by atoms with Crippen LogP contribution in [0.1, 0.15) is 35.5 Å². The number of benzene rings is 2. The fourth-order valence-corrected chi connectivity index (χ4v) is 5.29. The van der Waals surface area contributed by atoms with Gasteiger partial charge >= 0.3 is 0 Å². The molecule has 1 heterocycles. The Hall–Kier alpha value is -2.49. The number of nitrogens with zero attached hydrogens (tertiary/aromatic N) is 2. The van der Waals surface area contributed by atoms with E-state index >= 15 is 0 Å². The van der Waals surface area contributed by atoms with Gasteiger partial charge in [-0.3, -0.25) is 0 Å². The minimum Gasteiger partial charge on any atom is -0.409 e. The van der Waals surface area contributed by atoms with Gasteiger partial charge in [0.05, 0.1) is 22.0 Å². The maximum atomic E-state index is 12.4. The predicted molar refractivity (Wildman–Crippen MR) is 112 cm³/mol. The highest BCUT2D eigenvalue weighted by atomic mass is 32.2. The molecule has 0 bridgehead atoms. The SMILES string of the molecule is CCCS(=O)(=O)NC(Cc1cccc(C(N)=NO)c1)c1nc2ccccc2s1. The number of sulfonamides is 1. The van der Waals surface area contributed by atoms with Crippen molar-refractivity contribution in [3.05, 3.63) is 64.7 Å². The van der Waals surface area contributed by atoms with Crippen LogP contribution in [0, 0.1) is 0 Å². The molecule has 0 fully saturated rings. The van der Waals surface area contributed by atoms with E-state index in [-0.39, 0.29) is 11.6 Å². The molecule has 0 aliphatic carbocycles. The summed E-state index contributed by atoms with van der Waals surface area (Å²) >= 11 is 1.47. The summed E-state index contributed by atoms with van der Waals surface area (Å²) in [5.74, 6) is 0.0587. The molecule has 0 aliphatic rings. The molecule has 1 unspecified atom stereocenters. The van der Waals surface area contributed by atoms with Gasteiger partial charge in [0.15, 0.2) is 5.84 Å². The van der Waals surface area contributed by atoms with Gasteiger partial charge in [-0.2, -0.15) is 0 Å².